The van der Waals surface area contributed by atoms with Gasteiger partial charge in [0.15, 0.2) is 0 Å². The first-order chi connectivity index (χ1) is 18.9. The van der Waals surface area contributed by atoms with Crippen molar-refractivity contribution >= 4 is 100 Å². The minimum Gasteiger partial charge on any atom is -0.399 e. The number of aromatic amines is 3. The molecule has 13 heteroatoms. The molecule has 0 aliphatic carbocycles. The van der Waals surface area contributed by atoms with Crippen LogP contribution in [0.25, 0.3) is 32.7 Å². The molecule has 1 aliphatic heterocycles. The second-order valence-electron chi connectivity index (χ2n) is 10.2. The van der Waals surface area contributed by atoms with Gasteiger partial charge < -0.3 is 9.31 Å². The maximum absolute atomic E-state index is 6.06. The zero-order valence-corrected chi connectivity index (χ0v) is 26.7. The summed E-state index contributed by atoms with van der Waals surface area (Å²) in [6, 6.07) is 17.6. The van der Waals surface area contributed by atoms with Gasteiger partial charge in [-0.1, -0.05) is 61.1 Å². The van der Waals surface area contributed by atoms with Crippen LogP contribution in [0.2, 0.25) is 10.3 Å². The first-order valence-corrected chi connectivity index (χ1v) is 14.6. The number of nitrogens with zero attached hydrogens (tertiary/aromatic N) is 3. The molecule has 0 spiro atoms. The molecule has 1 aliphatic rings. The van der Waals surface area contributed by atoms with Crippen LogP contribution in [0.4, 0.5) is 0 Å². The number of benzene rings is 3. The van der Waals surface area contributed by atoms with Gasteiger partial charge in [0.25, 0.3) is 0 Å². The van der Waals surface area contributed by atoms with Crippen molar-refractivity contribution < 1.29 is 9.31 Å². The van der Waals surface area contributed by atoms with Crippen molar-refractivity contribution in [2.24, 2.45) is 0 Å². The summed E-state index contributed by atoms with van der Waals surface area (Å²) in [5.74, 6) is 0. The van der Waals surface area contributed by atoms with E-state index in [1.54, 1.807) is 6.20 Å². The summed E-state index contributed by atoms with van der Waals surface area (Å²) in [4.78, 5) is 0. The Bertz CT molecular complexity index is 1790. The third kappa shape index (κ3) is 6.10. The van der Waals surface area contributed by atoms with Crippen LogP contribution in [0.1, 0.15) is 27.7 Å². The Morgan fingerprint density at radius 3 is 1.93 bits per heavy atom. The normalized spacial score (nSPS) is 15.7. The fourth-order valence-corrected chi connectivity index (χ4v) is 5.11. The second-order valence-corrected chi connectivity index (χ2v) is 12.8. The lowest BCUT2D eigenvalue weighted by Gasteiger charge is -2.32. The third-order valence-corrected chi connectivity index (χ3v) is 8.49. The fraction of sp³-hybridized carbons (Fsp3) is 0.222. The van der Waals surface area contributed by atoms with Gasteiger partial charge in [0.05, 0.1) is 33.9 Å². The van der Waals surface area contributed by atoms with Crippen LogP contribution in [0.5, 0.6) is 0 Å². The van der Waals surface area contributed by atoms with Gasteiger partial charge in [-0.15, -0.1) is 0 Å². The Morgan fingerprint density at radius 2 is 1.27 bits per heavy atom. The molecule has 0 atom stereocenters. The zero-order valence-electron chi connectivity index (χ0n) is 22.0. The largest absolute Gasteiger partial charge is 0.494 e. The minimum absolute atomic E-state index is 0.340. The van der Waals surface area contributed by atoms with Gasteiger partial charge in [-0.3, -0.25) is 15.3 Å². The summed E-state index contributed by atoms with van der Waals surface area (Å²) >= 11 is 18.6. The molecule has 0 unspecified atom stereocenters. The first-order valence-electron chi connectivity index (χ1n) is 12.3. The van der Waals surface area contributed by atoms with E-state index in [2.05, 4.69) is 62.5 Å². The molecule has 40 heavy (non-hydrogen) atoms. The molecular formula is C27H25BBr2Cl2N6O2. The lowest BCUT2D eigenvalue weighted by atomic mass is 9.79. The number of nitrogens with one attached hydrogen (secondary N) is 3. The number of H-pyrrole nitrogens is 3. The van der Waals surface area contributed by atoms with Gasteiger partial charge in [0.1, 0.15) is 10.3 Å². The highest BCUT2D eigenvalue weighted by Gasteiger charge is 2.51. The molecule has 206 valence electrons. The zero-order chi connectivity index (χ0) is 28.7. The van der Waals surface area contributed by atoms with Crippen LogP contribution in [-0.2, 0) is 9.31 Å². The predicted octanol–water partition coefficient (Wildman–Crippen LogP) is 7.82. The molecule has 1 saturated heterocycles. The molecule has 0 amide bonds. The average molecular weight is 707 g/mol. The van der Waals surface area contributed by atoms with E-state index >= 15 is 0 Å². The SMILES string of the molecule is Brc1ccc2[nH]ncc2c1.CC1(C)OB(c2ccc3n[nH]c(Cl)c3c2)OC1(C)C.Clc1[nH]nc2ccc(Br)cc12. The minimum atomic E-state index is -0.375. The highest BCUT2D eigenvalue weighted by atomic mass is 79.9. The van der Waals surface area contributed by atoms with E-state index in [-0.39, 0.29) is 18.3 Å². The quantitative estimate of drug-likeness (QED) is 0.151. The smallest absolute Gasteiger partial charge is 0.399 e. The van der Waals surface area contributed by atoms with Crippen LogP contribution in [0.15, 0.2) is 69.7 Å². The Labute approximate surface area is 257 Å². The lowest BCUT2D eigenvalue weighted by Crippen LogP contribution is -2.41. The lowest BCUT2D eigenvalue weighted by molar-refractivity contribution is 0.00578. The fourth-order valence-electron chi connectivity index (χ4n) is 3.99. The van der Waals surface area contributed by atoms with Crippen molar-refractivity contribution in [2.45, 2.75) is 38.9 Å². The van der Waals surface area contributed by atoms with Crippen molar-refractivity contribution in [1.29, 1.82) is 0 Å². The molecule has 0 radical (unpaired) electrons. The number of rotatable bonds is 1. The molecule has 0 bridgehead atoms. The summed E-state index contributed by atoms with van der Waals surface area (Å²) < 4.78 is 14.1. The van der Waals surface area contributed by atoms with Gasteiger partial charge in [0, 0.05) is 25.1 Å². The summed E-state index contributed by atoms with van der Waals surface area (Å²) in [6.07, 6.45) is 1.81. The van der Waals surface area contributed by atoms with Crippen molar-refractivity contribution in [3.63, 3.8) is 0 Å². The predicted molar refractivity (Wildman–Crippen MR) is 169 cm³/mol. The molecule has 6 aromatic rings. The highest BCUT2D eigenvalue weighted by Crippen LogP contribution is 2.36. The van der Waals surface area contributed by atoms with Gasteiger partial charge in [-0.25, -0.2) is 0 Å². The number of hydrogen-bond donors (Lipinski definition) is 3. The van der Waals surface area contributed by atoms with Gasteiger partial charge in [-0.2, -0.15) is 15.3 Å². The van der Waals surface area contributed by atoms with Crippen LogP contribution < -0.4 is 5.46 Å². The molecule has 4 heterocycles. The maximum Gasteiger partial charge on any atom is 0.494 e. The van der Waals surface area contributed by atoms with E-state index in [0.717, 1.165) is 47.1 Å². The van der Waals surface area contributed by atoms with Crippen molar-refractivity contribution in [3.8, 4) is 0 Å². The first kappa shape index (κ1) is 29.1. The third-order valence-electron chi connectivity index (χ3n) is 6.93. The summed E-state index contributed by atoms with van der Waals surface area (Å²) in [6.45, 7) is 8.15. The Morgan fingerprint density at radius 1 is 0.725 bits per heavy atom. The molecule has 3 aromatic heterocycles. The van der Waals surface area contributed by atoms with E-state index < -0.39 is 0 Å². The van der Waals surface area contributed by atoms with E-state index in [4.69, 9.17) is 32.5 Å². The molecule has 3 aromatic carbocycles. The van der Waals surface area contributed by atoms with E-state index in [1.165, 1.54) is 0 Å². The highest BCUT2D eigenvalue weighted by molar-refractivity contribution is 9.10. The topological polar surface area (TPSA) is 105 Å². The van der Waals surface area contributed by atoms with Gasteiger partial charge >= 0.3 is 7.12 Å². The standard InChI is InChI=1S/C13H16BClN2O2.C7H4BrClN2.C7H5BrN2/c1-12(2)13(3,4)19-14(18-12)8-5-6-10-9(7-8)11(15)17-16-10;8-4-1-2-6-5(3-4)7(9)11-10-6;8-6-1-2-7-5(3-6)4-9-10-7/h5-7H,1-4H3,(H,16,17);1-3H,(H,10,11);1-4H,(H,9,10). The van der Waals surface area contributed by atoms with Crippen molar-refractivity contribution in [2.75, 3.05) is 0 Å². The van der Waals surface area contributed by atoms with E-state index in [1.807, 2.05) is 82.3 Å². The molecule has 7 rings (SSSR count). The monoisotopic (exact) mass is 704 g/mol. The number of fused-ring (bicyclic) bond motifs is 3. The van der Waals surface area contributed by atoms with Crippen LogP contribution in [0, 0.1) is 0 Å². The Hall–Kier alpha value is -2.41. The number of halogens is 4. The molecule has 1 fully saturated rings. The number of aromatic nitrogens is 6. The summed E-state index contributed by atoms with van der Waals surface area (Å²) in [5, 5.41) is 24.4. The maximum atomic E-state index is 6.06. The molecule has 3 N–H and O–H groups in total. The van der Waals surface area contributed by atoms with Gasteiger partial charge in [0.2, 0.25) is 0 Å². The van der Waals surface area contributed by atoms with Crippen LogP contribution in [-0.4, -0.2) is 48.9 Å². The summed E-state index contributed by atoms with van der Waals surface area (Å²) in [5.41, 5.74) is 3.07. The molecule has 0 saturated carbocycles. The van der Waals surface area contributed by atoms with Crippen LogP contribution >= 0.6 is 55.1 Å². The Kier molecular flexibility index (Phi) is 8.34. The van der Waals surface area contributed by atoms with E-state index in [0.29, 0.717) is 10.3 Å². The summed E-state index contributed by atoms with van der Waals surface area (Å²) in [7, 11) is -0.375. The number of hydrogen-bond acceptors (Lipinski definition) is 5. The Balaban J connectivity index is 0.000000131. The van der Waals surface area contributed by atoms with Crippen molar-refractivity contribution in [3.05, 3.63) is 80.0 Å². The molecule has 8 nitrogen and oxygen atoms in total. The van der Waals surface area contributed by atoms with Crippen LogP contribution in [0.3, 0.4) is 0 Å². The van der Waals surface area contributed by atoms with Crippen molar-refractivity contribution in [1.82, 2.24) is 30.6 Å². The van der Waals surface area contributed by atoms with Gasteiger partial charge in [-0.05, 0) is 81.7 Å². The molecular weight excluding hydrogens is 682 g/mol. The van der Waals surface area contributed by atoms with E-state index in [9.17, 15) is 0 Å². The second kappa shape index (κ2) is 11.5. The average Bonchev–Trinajstić information content (AvgIpc) is 3.66.